The van der Waals surface area contributed by atoms with Gasteiger partial charge in [0.15, 0.2) is 0 Å². The maximum Gasteiger partial charge on any atom is 0.267 e. The number of imide groups is 1. The van der Waals surface area contributed by atoms with Crippen molar-refractivity contribution in [3.8, 4) is 0 Å². The molecule has 0 unspecified atom stereocenters. The molecule has 1 aliphatic rings. The summed E-state index contributed by atoms with van der Waals surface area (Å²) < 4.78 is 0. The summed E-state index contributed by atoms with van der Waals surface area (Å²) >= 11 is 1.48. The lowest BCUT2D eigenvalue weighted by molar-refractivity contribution is -0.136. The maximum absolute atomic E-state index is 12.9. The highest BCUT2D eigenvalue weighted by Gasteiger charge is 2.38. The van der Waals surface area contributed by atoms with Crippen LogP contribution in [-0.4, -0.2) is 29.0 Å². The van der Waals surface area contributed by atoms with Crippen molar-refractivity contribution in [2.45, 2.75) is 47.0 Å². The summed E-state index contributed by atoms with van der Waals surface area (Å²) in [7, 11) is 0. The van der Waals surface area contributed by atoms with Gasteiger partial charge >= 0.3 is 0 Å². The number of benzene rings is 1. The van der Waals surface area contributed by atoms with E-state index in [2.05, 4.69) is 13.0 Å². The monoisotopic (exact) mass is 331 g/mol. The summed E-state index contributed by atoms with van der Waals surface area (Å²) in [5.41, 5.74) is 3.69. The molecule has 124 valence electrons. The van der Waals surface area contributed by atoms with Crippen molar-refractivity contribution in [3.63, 3.8) is 0 Å². The van der Waals surface area contributed by atoms with Crippen LogP contribution in [0.1, 0.15) is 49.8 Å². The van der Waals surface area contributed by atoms with Gasteiger partial charge in [0.25, 0.3) is 11.8 Å². The highest BCUT2D eigenvalue weighted by molar-refractivity contribution is 8.04. The summed E-state index contributed by atoms with van der Waals surface area (Å²) in [6, 6.07) is 6.03. The maximum atomic E-state index is 12.9. The van der Waals surface area contributed by atoms with Gasteiger partial charge in [-0.2, -0.15) is 0 Å². The second-order valence-corrected chi connectivity index (χ2v) is 7.20. The summed E-state index contributed by atoms with van der Waals surface area (Å²) in [5.74, 6) is 0.535. The van der Waals surface area contributed by atoms with Crippen molar-refractivity contribution in [3.05, 3.63) is 39.8 Å². The minimum absolute atomic E-state index is 0.118. The lowest BCUT2D eigenvalue weighted by Gasteiger charge is -2.15. The summed E-state index contributed by atoms with van der Waals surface area (Å²) in [6.45, 7) is 8.68. The van der Waals surface area contributed by atoms with Crippen LogP contribution in [0.15, 0.2) is 23.1 Å². The summed E-state index contributed by atoms with van der Waals surface area (Å²) in [4.78, 5) is 27.6. The van der Waals surface area contributed by atoms with Crippen molar-refractivity contribution in [1.29, 1.82) is 0 Å². The van der Waals surface area contributed by atoms with E-state index in [0.717, 1.165) is 41.7 Å². The van der Waals surface area contributed by atoms with Crippen molar-refractivity contribution in [2.24, 2.45) is 0 Å². The van der Waals surface area contributed by atoms with E-state index in [1.54, 1.807) is 0 Å². The van der Waals surface area contributed by atoms with Crippen molar-refractivity contribution < 1.29 is 9.59 Å². The van der Waals surface area contributed by atoms with E-state index in [1.807, 2.05) is 32.9 Å². The Bertz CT molecular complexity index is 649. The first-order valence-corrected chi connectivity index (χ1v) is 9.30. The van der Waals surface area contributed by atoms with Crippen LogP contribution in [0.3, 0.4) is 0 Å². The molecule has 0 radical (unpaired) electrons. The smallest absolute Gasteiger partial charge is 0.267 e. The Labute approximate surface area is 143 Å². The molecule has 0 spiro atoms. The van der Waals surface area contributed by atoms with Gasteiger partial charge in [-0.05, 0) is 37.1 Å². The fourth-order valence-corrected chi connectivity index (χ4v) is 3.75. The number of hydrogen-bond donors (Lipinski definition) is 0. The van der Waals surface area contributed by atoms with E-state index in [0.29, 0.717) is 17.0 Å². The molecular formula is C19H25NO2S. The molecule has 2 amide bonds. The van der Waals surface area contributed by atoms with Crippen LogP contribution in [0.25, 0.3) is 5.57 Å². The Morgan fingerprint density at radius 2 is 1.78 bits per heavy atom. The average molecular weight is 331 g/mol. The molecule has 0 fully saturated rings. The van der Waals surface area contributed by atoms with Gasteiger partial charge in [0, 0.05) is 6.54 Å². The molecule has 0 saturated carbocycles. The number of carbonyl (C=O) groups is 2. The first kappa shape index (κ1) is 17.8. The van der Waals surface area contributed by atoms with E-state index in [-0.39, 0.29) is 11.8 Å². The Morgan fingerprint density at radius 1 is 1.04 bits per heavy atom. The van der Waals surface area contributed by atoms with Crippen LogP contribution >= 0.6 is 11.8 Å². The molecule has 4 heteroatoms. The summed E-state index contributed by atoms with van der Waals surface area (Å²) in [6.07, 6.45) is 2.98. The minimum atomic E-state index is -0.131. The van der Waals surface area contributed by atoms with E-state index in [9.17, 15) is 9.59 Å². The zero-order chi connectivity index (χ0) is 17.0. The third-order valence-corrected chi connectivity index (χ3v) is 5.01. The number of thioether (sulfide) groups is 1. The Hall–Kier alpha value is -1.55. The molecule has 1 heterocycles. The van der Waals surface area contributed by atoms with Crippen molar-refractivity contribution in [2.75, 3.05) is 12.3 Å². The average Bonchev–Trinajstić information content (AvgIpc) is 2.73. The molecule has 0 atom stereocenters. The number of nitrogens with zero attached hydrogens (tertiary/aromatic N) is 1. The predicted molar refractivity (Wildman–Crippen MR) is 97.2 cm³/mol. The van der Waals surface area contributed by atoms with Crippen molar-refractivity contribution >= 4 is 29.1 Å². The predicted octanol–water partition coefficient (Wildman–Crippen LogP) is 4.33. The zero-order valence-corrected chi connectivity index (χ0v) is 15.3. The van der Waals surface area contributed by atoms with Gasteiger partial charge in [0.1, 0.15) is 0 Å². The standard InChI is InChI=1S/C19H25NO2S/c1-5-7-8-11-20-18(21)16(17(19(20)22)23-6-2)15-10-9-13(3)12-14(15)4/h9-10,12H,5-8,11H2,1-4H3. The molecule has 1 aromatic rings. The number of hydrogen-bond acceptors (Lipinski definition) is 3. The van der Waals surface area contributed by atoms with Gasteiger partial charge in [-0.15, -0.1) is 11.8 Å². The Morgan fingerprint density at radius 3 is 2.39 bits per heavy atom. The van der Waals surface area contributed by atoms with Crippen LogP contribution in [-0.2, 0) is 9.59 Å². The van der Waals surface area contributed by atoms with E-state index < -0.39 is 0 Å². The third-order valence-electron chi connectivity index (χ3n) is 4.05. The number of rotatable bonds is 7. The van der Waals surface area contributed by atoms with Gasteiger partial charge < -0.3 is 0 Å². The minimum Gasteiger partial charge on any atom is -0.274 e. The quantitative estimate of drug-likeness (QED) is 0.551. The van der Waals surface area contributed by atoms with E-state index in [1.165, 1.54) is 16.7 Å². The molecular weight excluding hydrogens is 306 g/mol. The van der Waals surface area contributed by atoms with Gasteiger partial charge in [-0.1, -0.05) is 50.5 Å². The van der Waals surface area contributed by atoms with Crippen LogP contribution in [0.4, 0.5) is 0 Å². The van der Waals surface area contributed by atoms with Crippen LogP contribution in [0.2, 0.25) is 0 Å². The van der Waals surface area contributed by atoms with Gasteiger partial charge in [0.05, 0.1) is 10.5 Å². The molecule has 0 bridgehead atoms. The molecule has 0 aromatic heterocycles. The van der Waals surface area contributed by atoms with Crippen LogP contribution in [0.5, 0.6) is 0 Å². The largest absolute Gasteiger partial charge is 0.274 e. The van der Waals surface area contributed by atoms with E-state index in [4.69, 9.17) is 0 Å². The highest BCUT2D eigenvalue weighted by Crippen LogP contribution is 2.37. The number of amides is 2. The SMILES string of the molecule is CCCCCN1C(=O)C(SCC)=C(c2ccc(C)cc2C)C1=O. The molecule has 0 saturated heterocycles. The normalized spacial score (nSPS) is 15.0. The molecule has 3 nitrogen and oxygen atoms in total. The van der Waals surface area contributed by atoms with Gasteiger partial charge in [0.2, 0.25) is 0 Å². The summed E-state index contributed by atoms with van der Waals surface area (Å²) in [5, 5.41) is 0. The number of unbranched alkanes of at least 4 members (excludes halogenated alkanes) is 2. The zero-order valence-electron chi connectivity index (χ0n) is 14.4. The van der Waals surface area contributed by atoms with Crippen LogP contribution in [0, 0.1) is 13.8 Å². The van der Waals surface area contributed by atoms with Crippen LogP contribution < -0.4 is 0 Å². The first-order chi connectivity index (χ1) is 11.0. The second kappa shape index (κ2) is 7.82. The number of carbonyl (C=O) groups excluding carboxylic acids is 2. The fraction of sp³-hybridized carbons (Fsp3) is 0.474. The molecule has 0 aliphatic carbocycles. The highest BCUT2D eigenvalue weighted by atomic mass is 32.2. The molecule has 1 aliphatic heterocycles. The molecule has 0 N–H and O–H groups in total. The topological polar surface area (TPSA) is 37.4 Å². The van der Waals surface area contributed by atoms with Gasteiger partial charge in [-0.3, -0.25) is 14.5 Å². The fourth-order valence-electron chi connectivity index (χ4n) is 2.89. The Balaban J connectivity index is 2.40. The molecule has 1 aromatic carbocycles. The van der Waals surface area contributed by atoms with Gasteiger partial charge in [-0.25, -0.2) is 0 Å². The molecule has 23 heavy (non-hydrogen) atoms. The molecule has 2 rings (SSSR count). The Kier molecular flexibility index (Phi) is 6.05. The number of aryl methyl sites for hydroxylation is 2. The van der Waals surface area contributed by atoms with Crippen molar-refractivity contribution in [1.82, 2.24) is 4.90 Å². The first-order valence-electron chi connectivity index (χ1n) is 8.32. The lowest BCUT2D eigenvalue weighted by atomic mass is 9.99. The van der Waals surface area contributed by atoms with E-state index >= 15 is 0 Å². The third kappa shape index (κ3) is 3.69. The second-order valence-electron chi connectivity index (χ2n) is 5.92. The lowest BCUT2D eigenvalue weighted by Crippen LogP contribution is -2.32.